The van der Waals surface area contributed by atoms with Crippen molar-refractivity contribution in [2.45, 2.75) is 6.92 Å². The maximum Gasteiger partial charge on any atom is 0.151 e. The van der Waals surface area contributed by atoms with Gasteiger partial charge in [-0.15, -0.1) is 0 Å². The van der Waals surface area contributed by atoms with Gasteiger partial charge in [-0.05, 0) is 36.2 Å². The third-order valence-electron chi connectivity index (χ3n) is 2.67. The number of rotatable bonds is 6. The van der Waals surface area contributed by atoms with Crippen LogP contribution in [0.5, 0.6) is 5.75 Å². The number of ether oxygens (including phenoxy) is 1. The van der Waals surface area contributed by atoms with E-state index >= 15 is 0 Å². The van der Waals surface area contributed by atoms with E-state index < -0.39 is 0 Å². The van der Waals surface area contributed by atoms with E-state index in [4.69, 9.17) is 9.57 Å². The molecule has 0 aliphatic rings. The summed E-state index contributed by atoms with van der Waals surface area (Å²) < 4.78 is 18.2. The Bertz CT molecular complexity index is 567. The van der Waals surface area contributed by atoms with E-state index in [1.54, 1.807) is 12.1 Å². The summed E-state index contributed by atoms with van der Waals surface area (Å²) in [5.41, 5.74) is 1.87. The number of hydrogen-bond donors (Lipinski definition) is 0. The monoisotopic (exact) mass is 273 g/mol. The molecule has 0 amide bonds. The predicted molar refractivity (Wildman–Crippen MR) is 76.6 cm³/mol. The third kappa shape index (κ3) is 4.39. The maximum atomic E-state index is 12.7. The number of oxime groups is 1. The Morgan fingerprint density at radius 3 is 2.55 bits per heavy atom. The van der Waals surface area contributed by atoms with Gasteiger partial charge in [0.05, 0.1) is 6.21 Å². The molecule has 0 saturated carbocycles. The third-order valence-corrected chi connectivity index (χ3v) is 2.67. The average molecular weight is 273 g/mol. The minimum absolute atomic E-state index is 0.269. The highest BCUT2D eigenvalue weighted by molar-refractivity contribution is 5.78. The molecule has 0 aliphatic carbocycles. The predicted octanol–water partition coefficient (Wildman–Crippen LogP) is 3.56. The van der Waals surface area contributed by atoms with Crippen molar-refractivity contribution in [3.05, 3.63) is 65.5 Å². The van der Waals surface area contributed by atoms with Crippen molar-refractivity contribution in [3.8, 4) is 5.75 Å². The molecule has 0 radical (unpaired) electrons. The smallest absolute Gasteiger partial charge is 0.151 e. The molecule has 2 aromatic rings. The Morgan fingerprint density at radius 1 is 1.05 bits per heavy atom. The molecule has 2 aromatic carbocycles. The normalized spacial score (nSPS) is 10.7. The molecule has 0 atom stereocenters. The first-order valence-corrected chi connectivity index (χ1v) is 6.35. The Labute approximate surface area is 117 Å². The van der Waals surface area contributed by atoms with Crippen LogP contribution in [0.15, 0.2) is 53.7 Å². The van der Waals surface area contributed by atoms with Gasteiger partial charge >= 0.3 is 0 Å². The van der Waals surface area contributed by atoms with Crippen LogP contribution in [0.2, 0.25) is 0 Å². The lowest BCUT2D eigenvalue weighted by Gasteiger charge is -2.07. The van der Waals surface area contributed by atoms with Gasteiger partial charge in [-0.3, -0.25) is 0 Å². The molecule has 3 nitrogen and oxygen atoms in total. The summed E-state index contributed by atoms with van der Waals surface area (Å²) in [6.07, 6.45) is 1.53. The number of para-hydroxylation sites is 1. The van der Waals surface area contributed by atoms with Crippen LogP contribution >= 0.6 is 0 Å². The fourth-order valence-corrected chi connectivity index (χ4v) is 1.61. The molecule has 0 spiro atoms. The van der Waals surface area contributed by atoms with Crippen LogP contribution in [0.25, 0.3) is 0 Å². The molecule has 104 valence electrons. The van der Waals surface area contributed by atoms with Crippen LogP contribution in [0.3, 0.4) is 0 Å². The van der Waals surface area contributed by atoms with E-state index in [9.17, 15) is 4.39 Å². The van der Waals surface area contributed by atoms with E-state index in [-0.39, 0.29) is 5.82 Å². The van der Waals surface area contributed by atoms with Gasteiger partial charge < -0.3 is 9.57 Å². The van der Waals surface area contributed by atoms with Crippen LogP contribution < -0.4 is 4.74 Å². The van der Waals surface area contributed by atoms with Gasteiger partial charge in [-0.1, -0.05) is 35.5 Å². The summed E-state index contributed by atoms with van der Waals surface area (Å²) in [5.74, 6) is 0.577. The first-order chi connectivity index (χ1) is 9.75. The molecule has 0 aromatic heterocycles. The van der Waals surface area contributed by atoms with Crippen molar-refractivity contribution in [2.24, 2.45) is 5.16 Å². The van der Waals surface area contributed by atoms with Crippen molar-refractivity contribution in [3.63, 3.8) is 0 Å². The van der Waals surface area contributed by atoms with Gasteiger partial charge in [0.2, 0.25) is 0 Å². The Morgan fingerprint density at radius 2 is 1.80 bits per heavy atom. The minimum atomic E-state index is -0.269. The SMILES string of the molecule is Cc1ccccc1OCCO/N=C/c1ccc(F)cc1. The summed E-state index contributed by atoms with van der Waals surface area (Å²) in [6.45, 7) is 2.76. The number of halogens is 1. The highest BCUT2D eigenvalue weighted by atomic mass is 19.1. The maximum absolute atomic E-state index is 12.7. The van der Waals surface area contributed by atoms with Crippen LogP contribution in [0.4, 0.5) is 4.39 Å². The lowest BCUT2D eigenvalue weighted by molar-refractivity contribution is 0.108. The second kappa shape index (κ2) is 7.28. The molecule has 2 rings (SSSR count). The lowest BCUT2D eigenvalue weighted by atomic mass is 10.2. The molecular weight excluding hydrogens is 257 g/mol. The van der Waals surface area contributed by atoms with Crippen molar-refractivity contribution < 1.29 is 14.0 Å². The van der Waals surface area contributed by atoms with E-state index in [0.29, 0.717) is 13.2 Å². The van der Waals surface area contributed by atoms with Crippen LogP contribution in [-0.2, 0) is 4.84 Å². The quantitative estimate of drug-likeness (QED) is 0.457. The minimum Gasteiger partial charge on any atom is -0.490 e. The largest absolute Gasteiger partial charge is 0.490 e. The molecule has 20 heavy (non-hydrogen) atoms. The van der Waals surface area contributed by atoms with Crippen molar-refractivity contribution in [1.29, 1.82) is 0 Å². The fourth-order valence-electron chi connectivity index (χ4n) is 1.61. The zero-order chi connectivity index (χ0) is 14.2. The molecular formula is C16H16FNO2. The zero-order valence-corrected chi connectivity index (χ0v) is 11.3. The van der Waals surface area contributed by atoms with Gasteiger partial charge in [0.25, 0.3) is 0 Å². The van der Waals surface area contributed by atoms with Crippen molar-refractivity contribution >= 4 is 6.21 Å². The second-order valence-electron chi connectivity index (χ2n) is 4.23. The summed E-state index contributed by atoms with van der Waals surface area (Å²) in [7, 11) is 0. The number of nitrogens with zero attached hydrogens (tertiary/aromatic N) is 1. The van der Waals surface area contributed by atoms with Crippen molar-refractivity contribution in [1.82, 2.24) is 0 Å². The molecule has 0 fully saturated rings. The second-order valence-corrected chi connectivity index (χ2v) is 4.23. The van der Waals surface area contributed by atoms with Crippen LogP contribution in [0.1, 0.15) is 11.1 Å². The van der Waals surface area contributed by atoms with Gasteiger partial charge in [0.15, 0.2) is 6.61 Å². The molecule has 0 heterocycles. The lowest BCUT2D eigenvalue weighted by Crippen LogP contribution is -2.05. The standard InChI is InChI=1S/C16H16FNO2/c1-13-4-2-3-5-16(13)19-10-11-20-18-12-14-6-8-15(17)9-7-14/h2-9,12H,10-11H2,1H3/b18-12+. The highest BCUT2D eigenvalue weighted by Gasteiger charge is 1.96. The summed E-state index contributed by atoms with van der Waals surface area (Å²) in [6, 6.07) is 13.8. The molecule has 0 aliphatic heterocycles. The first-order valence-electron chi connectivity index (χ1n) is 6.35. The Balaban J connectivity index is 1.69. The van der Waals surface area contributed by atoms with Crippen LogP contribution in [0, 0.1) is 12.7 Å². The molecule has 0 unspecified atom stereocenters. The van der Waals surface area contributed by atoms with Gasteiger partial charge in [-0.25, -0.2) is 4.39 Å². The topological polar surface area (TPSA) is 30.8 Å². The Kier molecular flexibility index (Phi) is 5.12. The number of hydrogen-bond acceptors (Lipinski definition) is 3. The van der Waals surface area contributed by atoms with E-state index in [1.807, 2.05) is 31.2 Å². The summed E-state index contributed by atoms with van der Waals surface area (Å²) in [4.78, 5) is 5.08. The summed E-state index contributed by atoms with van der Waals surface area (Å²) >= 11 is 0. The van der Waals surface area contributed by atoms with E-state index in [0.717, 1.165) is 16.9 Å². The molecule has 0 saturated heterocycles. The average Bonchev–Trinajstić information content (AvgIpc) is 2.46. The van der Waals surface area contributed by atoms with Gasteiger partial charge in [0.1, 0.15) is 18.2 Å². The Hall–Kier alpha value is -2.36. The first kappa shape index (κ1) is 14.1. The number of aryl methyl sites for hydroxylation is 1. The van der Waals surface area contributed by atoms with Crippen molar-refractivity contribution in [2.75, 3.05) is 13.2 Å². The van der Waals surface area contributed by atoms with Gasteiger partial charge in [-0.2, -0.15) is 0 Å². The van der Waals surface area contributed by atoms with E-state index in [2.05, 4.69) is 5.16 Å². The fraction of sp³-hybridized carbons (Fsp3) is 0.188. The van der Waals surface area contributed by atoms with E-state index in [1.165, 1.54) is 18.3 Å². The van der Waals surface area contributed by atoms with Crippen LogP contribution in [-0.4, -0.2) is 19.4 Å². The molecule has 4 heteroatoms. The summed E-state index contributed by atoms with van der Waals surface area (Å²) in [5, 5.41) is 3.80. The molecule has 0 N–H and O–H groups in total. The zero-order valence-electron chi connectivity index (χ0n) is 11.3. The molecule has 0 bridgehead atoms. The highest BCUT2D eigenvalue weighted by Crippen LogP contribution is 2.15. The number of benzene rings is 2. The van der Waals surface area contributed by atoms with Gasteiger partial charge in [0, 0.05) is 0 Å².